The molecule has 3 N–H and O–H groups in total. The highest BCUT2D eigenvalue weighted by Gasteiger charge is 2.40. The number of pyridine rings is 1. The number of nitrogens with one attached hydrogen (secondary N) is 1. The molecule has 2 aromatic rings. The van der Waals surface area contributed by atoms with Gasteiger partial charge in [-0.25, -0.2) is 8.42 Å². The van der Waals surface area contributed by atoms with Crippen molar-refractivity contribution in [1.82, 2.24) is 10.4 Å². The number of nitrogens with zero attached hydrogens (tertiary/aromatic N) is 1. The van der Waals surface area contributed by atoms with Crippen LogP contribution in [-0.2, 0) is 9.84 Å². The Morgan fingerprint density at radius 1 is 1.25 bits per heavy atom. The summed E-state index contributed by atoms with van der Waals surface area (Å²) in [5, 5.41) is 0.898. The molecule has 20 heavy (non-hydrogen) atoms. The van der Waals surface area contributed by atoms with Crippen LogP contribution < -0.4 is 11.3 Å². The van der Waals surface area contributed by atoms with Crippen molar-refractivity contribution in [3.8, 4) is 0 Å². The zero-order valence-electron chi connectivity index (χ0n) is 11.8. The van der Waals surface area contributed by atoms with Gasteiger partial charge >= 0.3 is 0 Å². The van der Waals surface area contributed by atoms with E-state index < -0.39 is 20.6 Å². The molecule has 0 fully saturated rings. The third-order valence-electron chi connectivity index (χ3n) is 3.81. The Kier molecular flexibility index (Phi) is 3.82. The minimum absolute atomic E-state index is 0.523. The molecular formula is C14H19N3O2S. The van der Waals surface area contributed by atoms with E-state index in [1.807, 2.05) is 30.3 Å². The summed E-state index contributed by atoms with van der Waals surface area (Å²) < 4.78 is 23.1. The number of rotatable bonds is 4. The molecule has 5 nitrogen and oxygen atoms in total. The Morgan fingerprint density at radius 3 is 2.55 bits per heavy atom. The largest absolute Gasteiger partial charge is 0.271 e. The summed E-state index contributed by atoms with van der Waals surface area (Å²) >= 11 is 0. The van der Waals surface area contributed by atoms with E-state index >= 15 is 0 Å². The number of benzene rings is 1. The van der Waals surface area contributed by atoms with Gasteiger partial charge in [0.1, 0.15) is 0 Å². The highest BCUT2D eigenvalue weighted by atomic mass is 32.2. The predicted molar refractivity (Wildman–Crippen MR) is 80.7 cm³/mol. The van der Waals surface area contributed by atoms with E-state index in [0.717, 1.165) is 16.5 Å². The Bertz CT molecular complexity index is 721. The second kappa shape index (κ2) is 5.12. The number of fused-ring (bicyclic) bond motifs is 1. The summed E-state index contributed by atoms with van der Waals surface area (Å²) in [7, 11) is -3.29. The van der Waals surface area contributed by atoms with Crippen LogP contribution in [0.3, 0.4) is 0 Å². The zero-order chi connectivity index (χ0) is 15.0. The lowest BCUT2D eigenvalue weighted by Gasteiger charge is -2.33. The molecule has 1 aromatic heterocycles. The van der Waals surface area contributed by atoms with E-state index in [1.54, 1.807) is 20.0 Å². The molecule has 1 atom stereocenters. The van der Waals surface area contributed by atoms with Crippen LogP contribution in [0.4, 0.5) is 0 Å². The monoisotopic (exact) mass is 293 g/mol. The maximum Gasteiger partial charge on any atom is 0.154 e. The Hall–Kier alpha value is -1.50. The van der Waals surface area contributed by atoms with Crippen molar-refractivity contribution in [2.75, 3.05) is 6.26 Å². The fourth-order valence-corrected chi connectivity index (χ4v) is 2.88. The van der Waals surface area contributed by atoms with Crippen molar-refractivity contribution < 1.29 is 8.42 Å². The molecule has 2 rings (SSSR count). The SMILES string of the molecule is CC(C)(C(NN)c1cccc2ncccc12)S(C)(=O)=O. The van der Waals surface area contributed by atoms with Crippen LogP contribution in [0.2, 0.25) is 0 Å². The highest BCUT2D eigenvalue weighted by Crippen LogP contribution is 2.34. The average Bonchev–Trinajstić information content (AvgIpc) is 2.38. The lowest BCUT2D eigenvalue weighted by molar-refractivity contribution is 0.430. The first-order chi connectivity index (χ1) is 9.29. The normalized spacial score (nSPS) is 14.4. The molecule has 1 aromatic carbocycles. The molecule has 0 amide bonds. The third-order valence-corrected chi connectivity index (χ3v) is 5.95. The number of hydrogen-bond acceptors (Lipinski definition) is 5. The van der Waals surface area contributed by atoms with Gasteiger partial charge in [0.05, 0.1) is 16.3 Å². The molecule has 0 saturated carbocycles. The van der Waals surface area contributed by atoms with Crippen molar-refractivity contribution in [3.05, 3.63) is 42.1 Å². The minimum atomic E-state index is -3.29. The van der Waals surface area contributed by atoms with Crippen molar-refractivity contribution in [2.45, 2.75) is 24.6 Å². The predicted octanol–water partition coefficient (Wildman–Crippen LogP) is 1.56. The fraction of sp³-hybridized carbons (Fsp3) is 0.357. The maximum absolute atomic E-state index is 12.1. The van der Waals surface area contributed by atoms with Crippen molar-refractivity contribution >= 4 is 20.7 Å². The van der Waals surface area contributed by atoms with Gasteiger partial charge in [0.15, 0.2) is 9.84 Å². The van der Waals surface area contributed by atoms with Crippen LogP contribution >= 0.6 is 0 Å². The Balaban J connectivity index is 2.68. The molecule has 0 aliphatic carbocycles. The van der Waals surface area contributed by atoms with Gasteiger partial charge in [0.2, 0.25) is 0 Å². The summed E-state index contributed by atoms with van der Waals surface area (Å²) in [6.45, 7) is 3.34. The highest BCUT2D eigenvalue weighted by molar-refractivity contribution is 7.92. The van der Waals surface area contributed by atoms with Crippen LogP contribution in [-0.4, -0.2) is 24.4 Å². The molecule has 108 valence electrons. The van der Waals surface area contributed by atoms with Crippen molar-refractivity contribution in [1.29, 1.82) is 0 Å². The Morgan fingerprint density at radius 2 is 1.95 bits per heavy atom. The topological polar surface area (TPSA) is 85.1 Å². The lowest BCUT2D eigenvalue weighted by atomic mass is 9.92. The van der Waals surface area contributed by atoms with E-state index in [4.69, 9.17) is 5.84 Å². The summed E-state index contributed by atoms with van der Waals surface area (Å²) in [6.07, 6.45) is 2.93. The molecule has 0 aliphatic heterocycles. The first-order valence-electron chi connectivity index (χ1n) is 6.28. The third kappa shape index (κ3) is 2.42. The van der Waals surface area contributed by atoms with Gasteiger partial charge in [-0.15, -0.1) is 0 Å². The van der Waals surface area contributed by atoms with Gasteiger partial charge in [0.25, 0.3) is 0 Å². The van der Waals surface area contributed by atoms with E-state index in [1.165, 1.54) is 6.26 Å². The molecule has 1 heterocycles. The van der Waals surface area contributed by atoms with Crippen molar-refractivity contribution in [2.24, 2.45) is 5.84 Å². The summed E-state index contributed by atoms with van der Waals surface area (Å²) in [4.78, 5) is 4.28. The van der Waals surface area contributed by atoms with Crippen LogP contribution in [0.5, 0.6) is 0 Å². The lowest BCUT2D eigenvalue weighted by Crippen LogP contribution is -2.47. The van der Waals surface area contributed by atoms with Crippen LogP contribution in [0.1, 0.15) is 25.5 Å². The van der Waals surface area contributed by atoms with Gasteiger partial charge < -0.3 is 0 Å². The van der Waals surface area contributed by atoms with Crippen LogP contribution in [0, 0.1) is 0 Å². The molecule has 0 saturated heterocycles. The van der Waals surface area contributed by atoms with Gasteiger partial charge in [0, 0.05) is 17.8 Å². The van der Waals surface area contributed by atoms with Crippen LogP contribution in [0.25, 0.3) is 10.9 Å². The first kappa shape index (κ1) is 14.9. The molecule has 0 spiro atoms. The minimum Gasteiger partial charge on any atom is -0.271 e. The second-order valence-electron chi connectivity index (χ2n) is 5.39. The van der Waals surface area contributed by atoms with Gasteiger partial charge in [-0.3, -0.25) is 16.3 Å². The fourth-order valence-electron chi connectivity index (χ4n) is 2.26. The summed E-state index contributed by atoms with van der Waals surface area (Å²) in [5.74, 6) is 5.64. The van der Waals surface area contributed by atoms with Crippen LogP contribution in [0.15, 0.2) is 36.5 Å². The van der Waals surface area contributed by atoms with E-state index in [2.05, 4.69) is 10.4 Å². The van der Waals surface area contributed by atoms with Crippen molar-refractivity contribution in [3.63, 3.8) is 0 Å². The smallest absolute Gasteiger partial charge is 0.154 e. The average molecular weight is 293 g/mol. The van der Waals surface area contributed by atoms with Gasteiger partial charge in [-0.05, 0) is 31.5 Å². The number of nitrogens with two attached hydrogens (primary N) is 1. The van der Waals surface area contributed by atoms with E-state index in [9.17, 15) is 8.42 Å². The molecule has 6 heteroatoms. The first-order valence-corrected chi connectivity index (χ1v) is 8.17. The molecule has 1 unspecified atom stereocenters. The van der Waals surface area contributed by atoms with E-state index in [0.29, 0.717) is 0 Å². The number of hydrogen-bond donors (Lipinski definition) is 2. The maximum atomic E-state index is 12.1. The Labute approximate surface area is 119 Å². The molecule has 0 radical (unpaired) electrons. The quantitative estimate of drug-likeness (QED) is 0.660. The molecular weight excluding hydrogens is 274 g/mol. The molecule has 0 bridgehead atoms. The van der Waals surface area contributed by atoms with Gasteiger partial charge in [-0.2, -0.15) is 0 Å². The number of sulfone groups is 1. The summed E-state index contributed by atoms with van der Waals surface area (Å²) in [5.41, 5.74) is 4.29. The number of aromatic nitrogens is 1. The molecule has 0 aliphatic rings. The van der Waals surface area contributed by atoms with E-state index in [-0.39, 0.29) is 0 Å². The standard InChI is InChI=1S/C14H19N3O2S/c1-14(2,20(3,18)19)13(17-15)11-6-4-8-12-10(11)7-5-9-16-12/h4-9,13,17H,15H2,1-3H3. The second-order valence-corrected chi connectivity index (χ2v) is 7.99. The summed E-state index contributed by atoms with van der Waals surface area (Å²) in [6, 6.07) is 8.84. The zero-order valence-corrected chi connectivity index (χ0v) is 12.6. The number of hydrazine groups is 1. The van der Waals surface area contributed by atoms with Gasteiger partial charge in [-0.1, -0.05) is 18.2 Å².